The number of aromatic hydroxyl groups is 1. The SMILES string of the molecule is CCN(CC)C(CNC(=O)c1ccc(OC)cc1O)c1cccc(OC)c1. The molecule has 0 spiro atoms. The molecule has 1 amide bonds. The molecule has 1 unspecified atom stereocenters. The molecule has 0 aromatic heterocycles. The molecule has 2 rings (SSSR count). The van der Waals surface area contributed by atoms with Gasteiger partial charge in [-0.25, -0.2) is 0 Å². The fraction of sp³-hybridized carbons (Fsp3) is 0.381. The molecule has 0 saturated heterocycles. The maximum absolute atomic E-state index is 12.6. The van der Waals surface area contributed by atoms with Crippen LogP contribution in [0.25, 0.3) is 0 Å². The van der Waals surface area contributed by atoms with Crippen LogP contribution in [0.5, 0.6) is 17.2 Å². The van der Waals surface area contributed by atoms with E-state index in [1.165, 1.54) is 13.2 Å². The Balaban J connectivity index is 2.19. The predicted octanol–water partition coefficient (Wildman–Crippen LogP) is 3.22. The highest BCUT2D eigenvalue weighted by Crippen LogP contribution is 2.25. The number of likely N-dealkylation sites (N-methyl/N-ethyl adjacent to an activating group) is 1. The molecule has 0 aliphatic rings. The molecule has 146 valence electrons. The summed E-state index contributed by atoms with van der Waals surface area (Å²) in [4.78, 5) is 14.8. The van der Waals surface area contributed by atoms with Crippen molar-refractivity contribution in [1.82, 2.24) is 10.2 Å². The summed E-state index contributed by atoms with van der Waals surface area (Å²) >= 11 is 0. The Labute approximate surface area is 160 Å². The van der Waals surface area contributed by atoms with Crippen molar-refractivity contribution in [2.75, 3.05) is 33.9 Å². The summed E-state index contributed by atoms with van der Waals surface area (Å²) in [6, 6.07) is 12.5. The van der Waals surface area contributed by atoms with Crippen LogP contribution in [-0.4, -0.2) is 49.8 Å². The van der Waals surface area contributed by atoms with Crippen molar-refractivity contribution in [2.45, 2.75) is 19.9 Å². The number of phenols is 1. The molecule has 0 aliphatic carbocycles. The van der Waals surface area contributed by atoms with Crippen LogP contribution in [0.4, 0.5) is 0 Å². The summed E-state index contributed by atoms with van der Waals surface area (Å²) in [5, 5.41) is 13.0. The second-order valence-corrected chi connectivity index (χ2v) is 6.11. The van der Waals surface area contributed by atoms with Gasteiger partial charge in [-0.15, -0.1) is 0 Å². The Morgan fingerprint density at radius 1 is 1.07 bits per heavy atom. The molecule has 0 heterocycles. The minimum Gasteiger partial charge on any atom is -0.507 e. The lowest BCUT2D eigenvalue weighted by molar-refractivity contribution is 0.0932. The van der Waals surface area contributed by atoms with Gasteiger partial charge >= 0.3 is 0 Å². The molecule has 0 aliphatic heterocycles. The standard InChI is InChI=1S/C21H28N2O4/c1-5-23(6-2)19(15-8-7-9-16(12-15)26-3)14-22-21(25)18-11-10-17(27-4)13-20(18)24/h7-13,19,24H,5-6,14H2,1-4H3,(H,22,25). The number of nitrogens with one attached hydrogen (secondary N) is 1. The molecule has 2 N–H and O–H groups in total. The number of hydrogen-bond donors (Lipinski definition) is 2. The van der Waals surface area contributed by atoms with E-state index in [1.807, 2.05) is 24.3 Å². The Bertz CT molecular complexity index is 760. The molecular weight excluding hydrogens is 344 g/mol. The molecule has 0 bridgehead atoms. The van der Waals surface area contributed by atoms with Gasteiger partial charge in [-0.3, -0.25) is 9.69 Å². The largest absolute Gasteiger partial charge is 0.507 e. The van der Waals surface area contributed by atoms with Crippen molar-refractivity contribution in [3.63, 3.8) is 0 Å². The van der Waals surface area contributed by atoms with E-state index in [4.69, 9.17) is 9.47 Å². The topological polar surface area (TPSA) is 71.0 Å². The molecule has 1 atom stereocenters. The first-order valence-electron chi connectivity index (χ1n) is 9.07. The van der Waals surface area contributed by atoms with Crippen LogP contribution in [0, 0.1) is 0 Å². The second kappa shape index (κ2) is 9.83. The lowest BCUT2D eigenvalue weighted by Gasteiger charge is -2.30. The van der Waals surface area contributed by atoms with Crippen molar-refractivity contribution in [2.24, 2.45) is 0 Å². The van der Waals surface area contributed by atoms with Crippen molar-refractivity contribution < 1.29 is 19.4 Å². The molecule has 27 heavy (non-hydrogen) atoms. The van der Waals surface area contributed by atoms with E-state index >= 15 is 0 Å². The predicted molar refractivity (Wildman–Crippen MR) is 106 cm³/mol. The van der Waals surface area contributed by atoms with Crippen molar-refractivity contribution in [3.8, 4) is 17.2 Å². The summed E-state index contributed by atoms with van der Waals surface area (Å²) in [5.74, 6) is 0.855. The van der Waals surface area contributed by atoms with Gasteiger partial charge in [0.05, 0.1) is 25.8 Å². The zero-order valence-corrected chi connectivity index (χ0v) is 16.4. The number of phenolic OH excluding ortho intramolecular Hbond substituents is 1. The first-order chi connectivity index (χ1) is 13.0. The highest BCUT2D eigenvalue weighted by atomic mass is 16.5. The van der Waals surface area contributed by atoms with Gasteiger partial charge in [0.2, 0.25) is 0 Å². The van der Waals surface area contributed by atoms with Gasteiger partial charge in [-0.2, -0.15) is 0 Å². The Morgan fingerprint density at radius 3 is 2.33 bits per heavy atom. The second-order valence-electron chi connectivity index (χ2n) is 6.11. The van der Waals surface area contributed by atoms with E-state index in [2.05, 4.69) is 24.1 Å². The molecule has 2 aromatic carbocycles. The monoisotopic (exact) mass is 372 g/mol. The van der Waals surface area contributed by atoms with Gasteiger partial charge in [-0.05, 0) is 42.9 Å². The summed E-state index contributed by atoms with van der Waals surface area (Å²) in [6.45, 7) is 6.30. The Kier molecular flexibility index (Phi) is 7.49. The lowest BCUT2D eigenvalue weighted by Crippen LogP contribution is -2.38. The number of amides is 1. The smallest absolute Gasteiger partial charge is 0.255 e. The fourth-order valence-corrected chi connectivity index (χ4v) is 3.09. The number of carbonyl (C=O) groups excluding carboxylic acids is 1. The summed E-state index contributed by atoms with van der Waals surface area (Å²) in [5.41, 5.74) is 1.29. The highest BCUT2D eigenvalue weighted by Gasteiger charge is 2.20. The zero-order chi connectivity index (χ0) is 19.8. The maximum atomic E-state index is 12.6. The fourth-order valence-electron chi connectivity index (χ4n) is 3.09. The Hall–Kier alpha value is -2.73. The Morgan fingerprint density at radius 2 is 1.74 bits per heavy atom. The van der Waals surface area contributed by atoms with Crippen LogP contribution in [-0.2, 0) is 0 Å². The summed E-state index contributed by atoms with van der Waals surface area (Å²) in [7, 11) is 3.15. The van der Waals surface area contributed by atoms with E-state index in [0.717, 1.165) is 24.4 Å². The van der Waals surface area contributed by atoms with E-state index in [-0.39, 0.29) is 23.3 Å². The third-order valence-electron chi connectivity index (χ3n) is 4.64. The van der Waals surface area contributed by atoms with Crippen molar-refractivity contribution in [3.05, 3.63) is 53.6 Å². The number of nitrogens with zero attached hydrogens (tertiary/aromatic N) is 1. The third-order valence-corrected chi connectivity index (χ3v) is 4.64. The van der Waals surface area contributed by atoms with E-state index in [1.54, 1.807) is 19.2 Å². The van der Waals surface area contributed by atoms with Crippen molar-refractivity contribution >= 4 is 5.91 Å². The van der Waals surface area contributed by atoms with Crippen molar-refractivity contribution in [1.29, 1.82) is 0 Å². The molecule has 0 saturated carbocycles. The number of ether oxygens (including phenoxy) is 2. The summed E-state index contributed by atoms with van der Waals surface area (Å²) < 4.78 is 10.4. The van der Waals surface area contributed by atoms with Crippen LogP contribution in [0.1, 0.15) is 35.8 Å². The molecule has 6 heteroatoms. The van der Waals surface area contributed by atoms with Crippen LogP contribution in [0.15, 0.2) is 42.5 Å². The van der Waals surface area contributed by atoms with Crippen LogP contribution in [0.3, 0.4) is 0 Å². The minimum atomic E-state index is -0.324. The van der Waals surface area contributed by atoms with Crippen LogP contribution < -0.4 is 14.8 Å². The number of methoxy groups -OCH3 is 2. The van der Waals surface area contributed by atoms with Gasteiger partial charge < -0.3 is 19.9 Å². The van der Waals surface area contributed by atoms with E-state index in [9.17, 15) is 9.90 Å². The molecule has 2 aromatic rings. The number of rotatable bonds is 9. The number of carbonyl (C=O) groups is 1. The maximum Gasteiger partial charge on any atom is 0.255 e. The molecule has 6 nitrogen and oxygen atoms in total. The van der Waals surface area contributed by atoms with Crippen LogP contribution >= 0.6 is 0 Å². The van der Waals surface area contributed by atoms with E-state index in [0.29, 0.717) is 12.3 Å². The molecular formula is C21H28N2O4. The van der Waals surface area contributed by atoms with Gasteiger partial charge in [0, 0.05) is 12.6 Å². The van der Waals surface area contributed by atoms with E-state index < -0.39 is 0 Å². The molecule has 0 radical (unpaired) electrons. The third kappa shape index (κ3) is 5.14. The quantitative estimate of drug-likeness (QED) is 0.707. The van der Waals surface area contributed by atoms with Gasteiger partial charge in [-0.1, -0.05) is 26.0 Å². The minimum absolute atomic E-state index is 0.000517. The first-order valence-corrected chi connectivity index (χ1v) is 9.07. The first kappa shape index (κ1) is 20.6. The van der Waals surface area contributed by atoms with Crippen LogP contribution in [0.2, 0.25) is 0 Å². The average molecular weight is 372 g/mol. The average Bonchev–Trinajstić information content (AvgIpc) is 2.70. The summed E-state index contributed by atoms with van der Waals surface area (Å²) in [6.07, 6.45) is 0. The normalized spacial score (nSPS) is 11.9. The van der Waals surface area contributed by atoms with Gasteiger partial charge in [0.15, 0.2) is 0 Å². The number of benzene rings is 2. The highest BCUT2D eigenvalue weighted by molar-refractivity contribution is 5.97. The van der Waals surface area contributed by atoms with Gasteiger partial charge in [0.1, 0.15) is 17.2 Å². The van der Waals surface area contributed by atoms with Gasteiger partial charge in [0.25, 0.3) is 5.91 Å². The lowest BCUT2D eigenvalue weighted by atomic mass is 10.0. The zero-order valence-electron chi connectivity index (χ0n) is 16.4. The molecule has 0 fully saturated rings. The number of hydrogen-bond acceptors (Lipinski definition) is 5.